The van der Waals surface area contributed by atoms with Gasteiger partial charge in [-0.1, -0.05) is 60.7 Å². The summed E-state index contributed by atoms with van der Waals surface area (Å²) in [5.41, 5.74) is 2.93. The van der Waals surface area contributed by atoms with Gasteiger partial charge >= 0.3 is 0 Å². The van der Waals surface area contributed by atoms with E-state index in [4.69, 9.17) is 13.9 Å². The lowest BCUT2D eigenvalue weighted by Crippen LogP contribution is -2.22. The lowest BCUT2D eigenvalue weighted by atomic mass is 10.1. The van der Waals surface area contributed by atoms with Crippen LogP contribution in [0, 0.1) is 6.92 Å². The van der Waals surface area contributed by atoms with Gasteiger partial charge in [0.25, 0.3) is 0 Å². The molecule has 5 nitrogen and oxygen atoms in total. The number of aryl methyl sites for hydroxylation is 1. The molecule has 0 saturated heterocycles. The van der Waals surface area contributed by atoms with E-state index < -0.39 is 5.97 Å². The molecule has 0 bridgehead atoms. The molecule has 0 unspecified atom stereocenters. The van der Waals surface area contributed by atoms with Crippen molar-refractivity contribution in [1.82, 2.24) is 0 Å². The van der Waals surface area contributed by atoms with Gasteiger partial charge < -0.3 is 23.8 Å². The second-order valence-electron chi connectivity index (χ2n) is 6.69. The third-order valence-electron chi connectivity index (χ3n) is 4.66. The van der Waals surface area contributed by atoms with E-state index in [-0.39, 0.29) is 5.76 Å². The van der Waals surface area contributed by atoms with E-state index >= 15 is 0 Å². The predicted octanol–water partition coefficient (Wildman–Crippen LogP) is 4.26. The van der Waals surface area contributed by atoms with Gasteiger partial charge in [-0.05, 0) is 24.1 Å². The molecule has 0 saturated carbocycles. The first-order valence-corrected chi connectivity index (χ1v) is 9.24. The molecule has 0 amide bonds. The fourth-order valence-electron chi connectivity index (χ4n) is 3.12. The van der Waals surface area contributed by atoms with Crippen molar-refractivity contribution in [3.05, 3.63) is 95.2 Å². The lowest BCUT2D eigenvalue weighted by molar-refractivity contribution is -0.257. The van der Waals surface area contributed by atoms with Crippen molar-refractivity contribution >= 4 is 16.9 Å². The smallest absolute Gasteiger partial charge is 0.165 e. The van der Waals surface area contributed by atoms with Crippen molar-refractivity contribution in [2.24, 2.45) is 0 Å². The third kappa shape index (κ3) is 4.09. The minimum Gasteiger partial charge on any atom is -0.542 e. The van der Waals surface area contributed by atoms with E-state index in [1.807, 2.05) is 60.7 Å². The first-order chi connectivity index (χ1) is 14.1. The number of carbonyl (C=O) groups is 1. The van der Waals surface area contributed by atoms with Crippen molar-refractivity contribution < 1.29 is 23.8 Å². The zero-order valence-corrected chi connectivity index (χ0v) is 15.9. The summed E-state index contributed by atoms with van der Waals surface area (Å²) >= 11 is 0. The van der Waals surface area contributed by atoms with Crippen LogP contribution in [-0.2, 0) is 13.2 Å². The van der Waals surface area contributed by atoms with Crippen LogP contribution in [0.5, 0.6) is 11.5 Å². The monoisotopic (exact) mass is 387 g/mol. The Hall–Kier alpha value is -3.73. The Morgan fingerprint density at radius 1 is 0.862 bits per heavy atom. The van der Waals surface area contributed by atoms with Gasteiger partial charge in [0.05, 0.1) is 0 Å². The maximum absolute atomic E-state index is 11.3. The maximum atomic E-state index is 11.3. The Bertz CT molecular complexity index is 1130. The van der Waals surface area contributed by atoms with Crippen molar-refractivity contribution in [2.75, 3.05) is 0 Å². The van der Waals surface area contributed by atoms with Crippen molar-refractivity contribution in [1.29, 1.82) is 0 Å². The lowest BCUT2D eigenvalue weighted by Gasteiger charge is -2.13. The van der Waals surface area contributed by atoms with Gasteiger partial charge in [-0.25, -0.2) is 0 Å². The highest BCUT2D eigenvalue weighted by Gasteiger charge is 2.17. The second kappa shape index (κ2) is 8.10. The maximum Gasteiger partial charge on any atom is 0.165 e. The number of hydrogen-bond donors (Lipinski definition) is 0. The number of carboxylic acids is 1. The molecule has 0 fully saturated rings. The number of rotatable bonds is 7. The number of aromatic carboxylic acids is 1. The van der Waals surface area contributed by atoms with Gasteiger partial charge in [-0.2, -0.15) is 0 Å². The molecule has 146 valence electrons. The van der Waals surface area contributed by atoms with E-state index in [0.29, 0.717) is 41.2 Å². The summed E-state index contributed by atoms with van der Waals surface area (Å²) in [6.07, 6.45) is 0. The molecule has 1 heterocycles. The summed E-state index contributed by atoms with van der Waals surface area (Å²) < 4.78 is 17.5. The zero-order valence-electron chi connectivity index (χ0n) is 15.9. The standard InChI is InChI=1S/C24H20O5/c1-16-19-12-21(27-14-17-8-4-2-5-9-17)22(13-20(19)29-23(16)24(25)26)28-15-18-10-6-3-7-11-18/h2-13H,14-15H2,1H3,(H,25,26)/p-1. The van der Waals surface area contributed by atoms with E-state index in [0.717, 1.165) is 11.1 Å². The van der Waals surface area contributed by atoms with Crippen molar-refractivity contribution in [3.63, 3.8) is 0 Å². The van der Waals surface area contributed by atoms with Crippen LogP contribution in [0.4, 0.5) is 0 Å². The quantitative estimate of drug-likeness (QED) is 0.474. The van der Waals surface area contributed by atoms with Crippen molar-refractivity contribution in [3.8, 4) is 11.5 Å². The molecule has 5 heteroatoms. The fourth-order valence-corrected chi connectivity index (χ4v) is 3.12. The average Bonchev–Trinajstić information content (AvgIpc) is 3.07. The van der Waals surface area contributed by atoms with E-state index in [1.165, 1.54) is 0 Å². The molecule has 0 atom stereocenters. The van der Waals surface area contributed by atoms with Crippen LogP contribution in [0.25, 0.3) is 11.0 Å². The third-order valence-corrected chi connectivity index (χ3v) is 4.66. The number of hydrogen-bond acceptors (Lipinski definition) is 5. The van der Waals surface area contributed by atoms with Gasteiger partial charge in [-0.15, -0.1) is 0 Å². The van der Waals surface area contributed by atoms with E-state index in [9.17, 15) is 9.90 Å². The van der Waals surface area contributed by atoms with Crippen LogP contribution in [0.15, 0.2) is 77.2 Å². The number of benzene rings is 3. The Labute approximate surface area is 168 Å². The Kier molecular flexibility index (Phi) is 5.20. The molecule has 0 N–H and O–H groups in total. The minimum absolute atomic E-state index is 0.186. The topological polar surface area (TPSA) is 71.7 Å². The number of furan rings is 1. The number of carboxylic acid groups (broad SMARTS) is 1. The molecule has 0 aliphatic heterocycles. The number of ether oxygens (including phenoxy) is 2. The summed E-state index contributed by atoms with van der Waals surface area (Å²) in [6, 6.07) is 23.0. The highest BCUT2D eigenvalue weighted by atomic mass is 16.5. The summed E-state index contributed by atoms with van der Waals surface area (Å²) in [4.78, 5) is 11.3. The van der Waals surface area contributed by atoms with Crippen LogP contribution in [0.2, 0.25) is 0 Å². The van der Waals surface area contributed by atoms with Gasteiger partial charge in [0.2, 0.25) is 0 Å². The molecule has 3 aromatic carbocycles. The van der Waals surface area contributed by atoms with Crippen molar-refractivity contribution in [2.45, 2.75) is 20.1 Å². The summed E-state index contributed by atoms with van der Waals surface area (Å²) in [7, 11) is 0. The van der Waals surface area contributed by atoms with Gasteiger partial charge in [0, 0.05) is 17.0 Å². The normalized spacial score (nSPS) is 10.8. The zero-order chi connectivity index (χ0) is 20.2. The Morgan fingerprint density at radius 3 is 1.90 bits per heavy atom. The van der Waals surface area contributed by atoms with Crippen LogP contribution in [0.3, 0.4) is 0 Å². The molecular formula is C24H19O5-. The summed E-state index contributed by atoms with van der Waals surface area (Å²) in [5, 5.41) is 12.0. The number of carbonyl (C=O) groups excluding carboxylic acids is 1. The van der Waals surface area contributed by atoms with Gasteiger partial charge in [0.1, 0.15) is 24.8 Å². The molecule has 1 aromatic heterocycles. The van der Waals surface area contributed by atoms with Crippen LogP contribution >= 0.6 is 0 Å². The summed E-state index contributed by atoms with van der Waals surface area (Å²) in [6.45, 7) is 2.39. The predicted molar refractivity (Wildman–Crippen MR) is 107 cm³/mol. The average molecular weight is 387 g/mol. The molecule has 0 aliphatic carbocycles. The van der Waals surface area contributed by atoms with E-state index in [2.05, 4.69) is 0 Å². The molecular weight excluding hydrogens is 368 g/mol. The van der Waals surface area contributed by atoms with E-state index in [1.54, 1.807) is 19.1 Å². The molecule has 0 spiro atoms. The van der Waals surface area contributed by atoms with Crippen LogP contribution in [-0.4, -0.2) is 5.97 Å². The molecule has 29 heavy (non-hydrogen) atoms. The molecule has 4 aromatic rings. The fraction of sp³-hybridized carbons (Fsp3) is 0.125. The molecule has 0 aliphatic rings. The number of fused-ring (bicyclic) bond motifs is 1. The first-order valence-electron chi connectivity index (χ1n) is 9.24. The highest BCUT2D eigenvalue weighted by Crippen LogP contribution is 2.37. The van der Waals surface area contributed by atoms with Gasteiger partial charge in [-0.3, -0.25) is 0 Å². The second-order valence-corrected chi connectivity index (χ2v) is 6.69. The highest BCUT2D eigenvalue weighted by molar-refractivity contribution is 5.95. The Balaban J connectivity index is 1.68. The summed E-state index contributed by atoms with van der Waals surface area (Å²) in [5.74, 6) is -0.534. The van der Waals surface area contributed by atoms with Gasteiger partial charge in [0.15, 0.2) is 17.3 Å². The first kappa shape index (κ1) is 18.6. The molecule has 4 rings (SSSR count). The largest absolute Gasteiger partial charge is 0.542 e. The van der Waals surface area contributed by atoms with Crippen LogP contribution < -0.4 is 14.6 Å². The Morgan fingerprint density at radius 2 is 1.38 bits per heavy atom. The minimum atomic E-state index is -1.35. The van der Waals surface area contributed by atoms with Crippen LogP contribution in [0.1, 0.15) is 27.2 Å². The molecule has 0 radical (unpaired) electrons. The SMILES string of the molecule is Cc1c(C(=O)[O-])oc2cc(OCc3ccccc3)c(OCc3ccccc3)cc12.